The van der Waals surface area contributed by atoms with Gasteiger partial charge in [0.1, 0.15) is 12.4 Å². The standard InChI is InChI=1S/C34H29BrN2O6S/c1-21-5-4-6-23(15-21)20-43-30-18-28(35)25(16-29(30)42-3)17-31-32(38)37(19-22-7-9-24(10-8-22)33(39)40)34(44-31)36-26-11-13-27(41-2)14-12-26/h4-18H,19-20H2,1-3H3,(H,39,40)/b31-17-,36-34?. The maximum absolute atomic E-state index is 13.8. The predicted molar refractivity (Wildman–Crippen MR) is 176 cm³/mol. The summed E-state index contributed by atoms with van der Waals surface area (Å²) in [4.78, 5) is 31.9. The van der Waals surface area contributed by atoms with Crippen LogP contribution >= 0.6 is 27.7 Å². The van der Waals surface area contributed by atoms with Crippen molar-refractivity contribution in [3.05, 3.63) is 122 Å². The van der Waals surface area contributed by atoms with Crippen molar-refractivity contribution in [1.29, 1.82) is 0 Å². The van der Waals surface area contributed by atoms with Gasteiger partial charge in [-0.15, -0.1) is 0 Å². The molecule has 4 aromatic rings. The summed E-state index contributed by atoms with van der Waals surface area (Å²) in [6.45, 7) is 2.63. The number of amides is 1. The van der Waals surface area contributed by atoms with E-state index >= 15 is 0 Å². The molecule has 0 radical (unpaired) electrons. The second-order valence-electron chi connectivity index (χ2n) is 9.90. The average molecular weight is 674 g/mol. The first kappa shape index (κ1) is 30.9. The number of ether oxygens (including phenoxy) is 3. The van der Waals surface area contributed by atoms with Crippen LogP contribution in [0.2, 0.25) is 0 Å². The Balaban J connectivity index is 1.45. The maximum atomic E-state index is 13.8. The van der Waals surface area contributed by atoms with E-state index in [-0.39, 0.29) is 18.0 Å². The average Bonchev–Trinajstić information content (AvgIpc) is 3.30. The highest BCUT2D eigenvalue weighted by Crippen LogP contribution is 2.39. The third-order valence-corrected chi connectivity index (χ3v) is 8.47. The number of aryl methyl sites for hydroxylation is 1. The molecule has 0 aromatic heterocycles. The van der Waals surface area contributed by atoms with Gasteiger partial charge >= 0.3 is 5.97 Å². The van der Waals surface area contributed by atoms with E-state index in [4.69, 9.17) is 19.2 Å². The number of aliphatic imine (C=N–C) groups is 1. The zero-order chi connectivity index (χ0) is 31.2. The number of carboxylic acids is 1. The Bertz CT molecular complexity index is 1750. The van der Waals surface area contributed by atoms with Crippen LogP contribution in [-0.2, 0) is 17.9 Å². The molecule has 1 N–H and O–H groups in total. The molecule has 1 aliphatic rings. The van der Waals surface area contributed by atoms with Crippen molar-refractivity contribution >= 4 is 56.5 Å². The fourth-order valence-corrected chi connectivity index (χ4v) is 5.90. The normalized spacial score (nSPS) is 14.7. The van der Waals surface area contributed by atoms with E-state index in [0.717, 1.165) is 26.7 Å². The summed E-state index contributed by atoms with van der Waals surface area (Å²) < 4.78 is 17.7. The Labute approximate surface area is 268 Å². The number of rotatable bonds is 10. The predicted octanol–water partition coefficient (Wildman–Crippen LogP) is 7.86. The number of halogens is 1. The summed E-state index contributed by atoms with van der Waals surface area (Å²) in [5.41, 5.74) is 4.53. The molecular weight excluding hydrogens is 644 g/mol. The van der Waals surface area contributed by atoms with Crippen LogP contribution in [0.5, 0.6) is 17.2 Å². The van der Waals surface area contributed by atoms with Gasteiger partial charge in [-0.1, -0.05) is 57.9 Å². The number of carboxylic acid groups (broad SMARTS) is 1. The number of amidine groups is 1. The Hall–Kier alpha value is -4.54. The monoisotopic (exact) mass is 672 g/mol. The van der Waals surface area contributed by atoms with Crippen molar-refractivity contribution in [2.75, 3.05) is 14.2 Å². The van der Waals surface area contributed by atoms with Crippen LogP contribution in [-0.4, -0.2) is 41.3 Å². The summed E-state index contributed by atoms with van der Waals surface area (Å²) in [5.74, 6) is 0.566. The molecule has 10 heteroatoms. The first-order valence-corrected chi connectivity index (χ1v) is 15.2. The van der Waals surface area contributed by atoms with Gasteiger partial charge in [-0.25, -0.2) is 9.79 Å². The molecule has 0 atom stereocenters. The van der Waals surface area contributed by atoms with E-state index in [9.17, 15) is 14.7 Å². The van der Waals surface area contributed by atoms with Crippen LogP contribution in [0.15, 0.2) is 99.3 Å². The first-order chi connectivity index (χ1) is 21.2. The van der Waals surface area contributed by atoms with Crippen LogP contribution in [0.4, 0.5) is 5.69 Å². The number of hydrogen-bond acceptors (Lipinski definition) is 7. The number of hydrogen-bond donors (Lipinski definition) is 1. The summed E-state index contributed by atoms with van der Waals surface area (Å²) in [5, 5.41) is 9.76. The molecule has 0 saturated carbocycles. The second kappa shape index (κ2) is 13.8. The van der Waals surface area contributed by atoms with E-state index in [1.54, 1.807) is 49.5 Å². The highest BCUT2D eigenvalue weighted by Gasteiger charge is 2.34. The zero-order valence-corrected chi connectivity index (χ0v) is 26.6. The number of thioether (sulfide) groups is 1. The molecule has 5 rings (SSSR count). The van der Waals surface area contributed by atoms with Gasteiger partial charge in [0.2, 0.25) is 0 Å². The number of carbonyl (C=O) groups is 2. The third-order valence-electron chi connectivity index (χ3n) is 6.77. The third kappa shape index (κ3) is 7.32. The van der Waals surface area contributed by atoms with E-state index in [0.29, 0.717) is 39.6 Å². The minimum atomic E-state index is -1.01. The Morgan fingerprint density at radius 3 is 2.36 bits per heavy atom. The van der Waals surface area contributed by atoms with Gasteiger partial charge in [0.05, 0.1) is 36.9 Å². The molecule has 0 unspecified atom stereocenters. The SMILES string of the molecule is COc1ccc(N=C2S/C(=C\c3cc(OC)c(OCc4cccc(C)c4)cc3Br)C(=O)N2Cc2ccc(C(=O)O)cc2)cc1. The van der Waals surface area contributed by atoms with Crippen LogP contribution in [0, 0.1) is 6.92 Å². The van der Waals surface area contributed by atoms with Gasteiger partial charge in [0.25, 0.3) is 5.91 Å². The first-order valence-electron chi connectivity index (χ1n) is 13.6. The van der Waals surface area contributed by atoms with Gasteiger partial charge in [-0.2, -0.15) is 0 Å². The minimum Gasteiger partial charge on any atom is -0.497 e. The molecule has 0 spiro atoms. The molecule has 8 nitrogen and oxygen atoms in total. The van der Waals surface area contributed by atoms with Gasteiger partial charge < -0.3 is 19.3 Å². The van der Waals surface area contributed by atoms with E-state index in [1.807, 2.05) is 49.4 Å². The van der Waals surface area contributed by atoms with Gasteiger partial charge in [0.15, 0.2) is 16.7 Å². The molecule has 1 saturated heterocycles. The summed E-state index contributed by atoms with van der Waals surface area (Å²) >= 11 is 4.90. The Morgan fingerprint density at radius 2 is 1.70 bits per heavy atom. The van der Waals surface area contributed by atoms with Crippen LogP contribution in [0.25, 0.3) is 6.08 Å². The topological polar surface area (TPSA) is 97.7 Å². The smallest absolute Gasteiger partial charge is 0.335 e. The van der Waals surface area contributed by atoms with Crippen LogP contribution < -0.4 is 14.2 Å². The fraction of sp³-hybridized carbons (Fsp3) is 0.147. The molecular formula is C34H29BrN2O6S. The van der Waals surface area contributed by atoms with Crippen molar-refractivity contribution < 1.29 is 28.9 Å². The lowest BCUT2D eigenvalue weighted by molar-refractivity contribution is -0.122. The van der Waals surface area contributed by atoms with Crippen molar-refractivity contribution in [3.63, 3.8) is 0 Å². The molecule has 44 heavy (non-hydrogen) atoms. The number of nitrogens with zero attached hydrogens (tertiary/aromatic N) is 2. The molecule has 224 valence electrons. The number of aromatic carboxylic acids is 1. The molecule has 1 aliphatic heterocycles. The van der Waals surface area contributed by atoms with Crippen molar-refractivity contribution in [2.45, 2.75) is 20.1 Å². The number of carbonyl (C=O) groups excluding carboxylic acids is 1. The lowest BCUT2D eigenvalue weighted by atomic mass is 10.1. The zero-order valence-electron chi connectivity index (χ0n) is 24.2. The molecule has 1 heterocycles. The molecule has 0 bridgehead atoms. The lowest BCUT2D eigenvalue weighted by Gasteiger charge is -2.16. The largest absolute Gasteiger partial charge is 0.497 e. The van der Waals surface area contributed by atoms with E-state index in [1.165, 1.54) is 23.9 Å². The highest BCUT2D eigenvalue weighted by molar-refractivity contribution is 9.10. The Morgan fingerprint density at radius 1 is 0.955 bits per heavy atom. The summed E-state index contributed by atoms with van der Waals surface area (Å²) in [6.07, 6.45) is 1.79. The van der Waals surface area contributed by atoms with Crippen LogP contribution in [0.1, 0.15) is 32.6 Å². The second-order valence-corrected chi connectivity index (χ2v) is 11.8. The minimum absolute atomic E-state index is 0.175. The Kier molecular flexibility index (Phi) is 9.72. The van der Waals surface area contributed by atoms with Crippen LogP contribution in [0.3, 0.4) is 0 Å². The quantitative estimate of drug-likeness (QED) is 0.171. The molecule has 1 fully saturated rings. The van der Waals surface area contributed by atoms with Gasteiger partial charge in [-0.05, 0) is 90.0 Å². The maximum Gasteiger partial charge on any atom is 0.335 e. The number of benzene rings is 4. The fourth-order valence-electron chi connectivity index (χ4n) is 4.47. The summed E-state index contributed by atoms with van der Waals surface area (Å²) in [7, 11) is 3.17. The number of methoxy groups -OCH3 is 2. The molecule has 1 amide bonds. The lowest BCUT2D eigenvalue weighted by Crippen LogP contribution is -2.28. The van der Waals surface area contributed by atoms with E-state index in [2.05, 4.69) is 22.0 Å². The van der Waals surface area contributed by atoms with Crippen molar-refractivity contribution in [3.8, 4) is 17.2 Å². The molecule has 4 aromatic carbocycles. The van der Waals surface area contributed by atoms with Crippen molar-refractivity contribution in [1.82, 2.24) is 4.90 Å². The van der Waals surface area contributed by atoms with Crippen molar-refractivity contribution in [2.24, 2.45) is 4.99 Å². The van der Waals surface area contributed by atoms with Gasteiger partial charge in [-0.3, -0.25) is 9.69 Å². The van der Waals surface area contributed by atoms with E-state index < -0.39 is 5.97 Å². The molecule has 0 aliphatic carbocycles. The summed E-state index contributed by atoms with van der Waals surface area (Å²) in [6, 6.07) is 25.4. The van der Waals surface area contributed by atoms with Gasteiger partial charge in [0, 0.05) is 4.47 Å². The highest BCUT2D eigenvalue weighted by atomic mass is 79.9.